The van der Waals surface area contributed by atoms with E-state index in [1.807, 2.05) is 7.05 Å². The fraction of sp³-hybridized carbons (Fsp3) is 0.500. The molecule has 0 aliphatic carbocycles. The van der Waals surface area contributed by atoms with Gasteiger partial charge in [-0.05, 0) is 43.0 Å². The van der Waals surface area contributed by atoms with E-state index in [2.05, 4.69) is 25.1 Å². The van der Waals surface area contributed by atoms with Gasteiger partial charge in [-0.25, -0.2) is 0 Å². The summed E-state index contributed by atoms with van der Waals surface area (Å²) in [5.74, 6) is 0.270. The third kappa shape index (κ3) is 2.07. The van der Waals surface area contributed by atoms with E-state index in [-0.39, 0.29) is 11.8 Å². The van der Waals surface area contributed by atoms with Gasteiger partial charge in [0.15, 0.2) is 0 Å². The van der Waals surface area contributed by atoms with E-state index in [1.165, 1.54) is 11.1 Å². The number of likely N-dealkylation sites (N-methyl/N-ethyl adjacent to an activating group) is 1. The SMILES string of the molecule is CCC1C(=O)N(C)c2ccc(CCCN)cc21. The van der Waals surface area contributed by atoms with Crippen molar-refractivity contribution in [2.75, 3.05) is 18.5 Å². The Morgan fingerprint density at radius 2 is 2.18 bits per heavy atom. The summed E-state index contributed by atoms with van der Waals surface area (Å²) in [5, 5.41) is 0. The molecule has 2 N–H and O–H groups in total. The molecule has 92 valence electrons. The molecule has 0 fully saturated rings. The van der Waals surface area contributed by atoms with Crippen LogP contribution >= 0.6 is 0 Å². The van der Waals surface area contributed by atoms with Crippen molar-refractivity contribution < 1.29 is 4.79 Å². The van der Waals surface area contributed by atoms with Crippen LogP contribution < -0.4 is 10.6 Å². The molecule has 1 aromatic rings. The molecule has 1 aliphatic rings. The molecular formula is C14H20N2O. The zero-order valence-electron chi connectivity index (χ0n) is 10.6. The highest BCUT2D eigenvalue weighted by Crippen LogP contribution is 2.38. The Labute approximate surface area is 103 Å². The van der Waals surface area contributed by atoms with Gasteiger partial charge in [-0.15, -0.1) is 0 Å². The van der Waals surface area contributed by atoms with Crippen LogP contribution in [0, 0.1) is 0 Å². The number of anilines is 1. The predicted octanol–water partition coefficient (Wildman–Crippen LogP) is 2.05. The molecule has 3 heteroatoms. The smallest absolute Gasteiger partial charge is 0.234 e. The summed E-state index contributed by atoms with van der Waals surface area (Å²) in [6.45, 7) is 2.78. The van der Waals surface area contributed by atoms with Crippen LogP contribution in [-0.4, -0.2) is 19.5 Å². The van der Waals surface area contributed by atoms with Crippen molar-refractivity contribution in [3.05, 3.63) is 29.3 Å². The van der Waals surface area contributed by atoms with E-state index in [4.69, 9.17) is 5.73 Å². The van der Waals surface area contributed by atoms with Crippen molar-refractivity contribution in [1.29, 1.82) is 0 Å². The van der Waals surface area contributed by atoms with Gasteiger partial charge >= 0.3 is 0 Å². The third-order valence-corrected chi connectivity index (χ3v) is 3.54. The van der Waals surface area contributed by atoms with E-state index in [0.29, 0.717) is 6.54 Å². The Bertz CT molecular complexity index is 428. The van der Waals surface area contributed by atoms with Crippen LogP contribution in [0.5, 0.6) is 0 Å². The van der Waals surface area contributed by atoms with Gasteiger partial charge in [0.05, 0.1) is 5.92 Å². The fourth-order valence-corrected chi connectivity index (χ4v) is 2.53. The monoisotopic (exact) mass is 232 g/mol. The number of aryl methyl sites for hydroxylation is 1. The van der Waals surface area contributed by atoms with Crippen molar-refractivity contribution in [2.45, 2.75) is 32.1 Å². The molecular weight excluding hydrogens is 212 g/mol. The first-order valence-electron chi connectivity index (χ1n) is 6.29. The lowest BCUT2D eigenvalue weighted by molar-refractivity contribution is -0.119. The van der Waals surface area contributed by atoms with Crippen LogP contribution in [0.2, 0.25) is 0 Å². The van der Waals surface area contributed by atoms with E-state index in [9.17, 15) is 4.79 Å². The third-order valence-electron chi connectivity index (χ3n) is 3.54. The van der Waals surface area contributed by atoms with Gasteiger partial charge in [0, 0.05) is 12.7 Å². The Balaban J connectivity index is 2.32. The summed E-state index contributed by atoms with van der Waals surface area (Å²) in [6.07, 6.45) is 2.87. The Morgan fingerprint density at radius 1 is 1.41 bits per heavy atom. The van der Waals surface area contributed by atoms with Gasteiger partial charge < -0.3 is 10.6 Å². The summed E-state index contributed by atoms with van der Waals surface area (Å²) >= 11 is 0. The van der Waals surface area contributed by atoms with E-state index < -0.39 is 0 Å². The van der Waals surface area contributed by atoms with Crippen molar-refractivity contribution in [2.24, 2.45) is 5.73 Å². The number of amides is 1. The summed E-state index contributed by atoms with van der Waals surface area (Å²) in [4.78, 5) is 13.8. The zero-order chi connectivity index (χ0) is 12.4. The summed E-state index contributed by atoms with van der Waals surface area (Å²) < 4.78 is 0. The fourth-order valence-electron chi connectivity index (χ4n) is 2.53. The summed E-state index contributed by atoms with van der Waals surface area (Å²) in [5.41, 5.74) is 9.07. The van der Waals surface area contributed by atoms with Crippen LogP contribution in [0.4, 0.5) is 5.69 Å². The number of rotatable bonds is 4. The van der Waals surface area contributed by atoms with Gasteiger partial charge in [-0.2, -0.15) is 0 Å². The van der Waals surface area contributed by atoms with E-state index in [0.717, 1.165) is 24.9 Å². The van der Waals surface area contributed by atoms with Crippen LogP contribution in [0.25, 0.3) is 0 Å². The van der Waals surface area contributed by atoms with E-state index >= 15 is 0 Å². The lowest BCUT2D eigenvalue weighted by Crippen LogP contribution is -2.23. The maximum atomic E-state index is 12.0. The van der Waals surface area contributed by atoms with Gasteiger partial charge in [0.1, 0.15) is 0 Å². The van der Waals surface area contributed by atoms with Gasteiger partial charge in [-0.1, -0.05) is 19.1 Å². The second kappa shape index (κ2) is 4.88. The first-order valence-corrected chi connectivity index (χ1v) is 6.29. The lowest BCUT2D eigenvalue weighted by atomic mass is 9.95. The highest BCUT2D eigenvalue weighted by atomic mass is 16.2. The number of fused-ring (bicyclic) bond motifs is 1. The second-order valence-corrected chi connectivity index (χ2v) is 4.64. The van der Waals surface area contributed by atoms with Crippen LogP contribution in [-0.2, 0) is 11.2 Å². The second-order valence-electron chi connectivity index (χ2n) is 4.64. The normalized spacial score (nSPS) is 18.6. The maximum absolute atomic E-state index is 12.0. The number of carbonyl (C=O) groups is 1. The lowest BCUT2D eigenvalue weighted by Gasteiger charge is -2.10. The molecule has 0 aromatic heterocycles. The maximum Gasteiger partial charge on any atom is 0.234 e. The molecule has 2 rings (SSSR count). The first kappa shape index (κ1) is 12.1. The number of hydrogen-bond acceptors (Lipinski definition) is 2. The molecule has 1 unspecified atom stereocenters. The molecule has 0 radical (unpaired) electrons. The Hall–Kier alpha value is -1.35. The molecule has 17 heavy (non-hydrogen) atoms. The average molecular weight is 232 g/mol. The minimum Gasteiger partial charge on any atom is -0.330 e. The Kier molecular flexibility index (Phi) is 3.48. The first-order chi connectivity index (χ1) is 8.19. The van der Waals surface area contributed by atoms with Crippen LogP contribution in [0.1, 0.15) is 36.8 Å². The molecule has 1 amide bonds. The van der Waals surface area contributed by atoms with Crippen LogP contribution in [0.3, 0.4) is 0 Å². The predicted molar refractivity (Wildman–Crippen MR) is 70.3 cm³/mol. The minimum atomic E-state index is 0.0489. The number of benzene rings is 1. The number of carbonyl (C=O) groups excluding carboxylic acids is 1. The summed E-state index contributed by atoms with van der Waals surface area (Å²) in [7, 11) is 1.86. The minimum absolute atomic E-state index is 0.0489. The summed E-state index contributed by atoms with van der Waals surface area (Å²) in [6, 6.07) is 6.35. The highest BCUT2D eigenvalue weighted by Gasteiger charge is 2.33. The molecule has 1 aromatic carbocycles. The largest absolute Gasteiger partial charge is 0.330 e. The molecule has 3 nitrogen and oxygen atoms in total. The van der Waals surface area contributed by atoms with Crippen molar-refractivity contribution >= 4 is 11.6 Å². The number of nitrogens with two attached hydrogens (primary N) is 1. The highest BCUT2D eigenvalue weighted by molar-refractivity contribution is 6.04. The standard InChI is InChI=1S/C14H20N2O/c1-3-11-12-9-10(5-4-8-15)6-7-13(12)16(2)14(11)17/h6-7,9,11H,3-5,8,15H2,1-2H3. The van der Waals surface area contributed by atoms with Crippen molar-refractivity contribution in [1.82, 2.24) is 0 Å². The van der Waals surface area contributed by atoms with E-state index in [1.54, 1.807) is 4.90 Å². The molecule has 0 saturated carbocycles. The van der Waals surface area contributed by atoms with Crippen molar-refractivity contribution in [3.8, 4) is 0 Å². The number of nitrogens with zero attached hydrogens (tertiary/aromatic N) is 1. The molecule has 1 aliphatic heterocycles. The molecule has 0 bridgehead atoms. The van der Waals surface area contributed by atoms with Gasteiger partial charge in [-0.3, -0.25) is 4.79 Å². The van der Waals surface area contributed by atoms with Gasteiger partial charge in [0.25, 0.3) is 0 Å². The molecule has 1 heterocycles. The molecule has 0 saturated heterocycles. The Morgan fingerprint density at radius 3 is 2.82 bits per heavy atom. The average Bonchev–Trinajstić information content (AvgIpc) is 2.59. The van der Waals surface area contributed by atoms with Crippen molar-refractivity contribution in [3.63, 3.8) is 0 Å². The molecule has 1 atom stereocenters. The molecule has 0 spiro atoms. The van der Waals surface area contributed by atoms with Crippen LogP contribution in [0.15, 0.2) is 18.2 Å². The topological polar surface area (TPSA) is 46.3 Å². The number of hydrogen-bond donors (Lipinski definition) is 1. The quantitative estimate of drug-likeness (QED) is 0.863. The zero-order valence-corrected chi connectivity index (χ0v) is 10.6. The van der Waals surface area contributed by atoms with Gasteiger partial charge in [0.2, 0.25) is 5.91 Å².